The van der Waals surface area contributed by atoms with Crippen molar-refractivity contribution in [1.29, 1.82) is 0 Å². The summed E-state index contributed by atoms with van der Waals surface area (Å²) in [5, 5.41) is 0.803. The Kier molecular flexibility index (Phi) is 3.97. The summed E-state index contributed by atoms with van der Waals surface area (Å²) in [5.41, 5.74) is 0.186. The standard InChI is InChI=1S/C15H20N2O3S/c1-3-20-14(19)12-13(9(2)18)21-15(16-12)17(11-6-7-11)8-10-4-5-10/h10-11H,3-8H2,1-2H3. The molecule has 0 spiro atoms. The quantitative estimate of drug-likeness (QED) is 0.572. The average molecular weight is 308 g/mol. The van der Waals surface area contributed by atoms with Gasteiger partial charge in [0.1, 0.15) is 4.88 Å². The van der Waals surface area contributed by atoms with Gasteiger partial charge in [0.15, 0.2) is 16.6 Å². The molecule has 3 rings (SSSR count). The topological polar surface area (TPSA) is 59.5 Å². The second kappa shape index (κ2) is 5.75. The lowest BCUT2D eigenvalue weighted by Crippen LogP contribution is -2.28. The molecule has 0 atom stereocenters. The fourth-order valence-electron chi connectivity index (χ4n) is 2.36. The highest BCUT2D eigenvalue weighted by Gasteiger charge is 2.36. The molecule has 5 nitrogen and oxygen atoms in total. The van der Waals surface area contributed by atoms with Crippen LogP contribution in [0.5, 0.6) is 0 Å². The lowest BCUT2D eigenvalue weighted by atomic mass is 10.3. The smallest absolute Gasteiger partial charge is 0.358 e. The summed E-state index contributed by atoms with van der Waals surface area (Å²) < 4.78 is 5.02. The predicted octanol–water partition coefficient (Wildman–Crippen LogP) is 2.90. The summed E-state index contributed by atoms with van der Waals surface area (Å²) in [4.78, 5) is 30.9. The molecule has 2 aliphatic carbocycles. The molecule has 0 bridgehead atoms. The van der Waals surface area contributed by atoms with Crippen molar-refractivity contribution < 1.29 is 14.3 Å². The van der Waals surface area contributed by atoms with Crippen LogP contribution in [0.1, 0.15) is 59.7 Å². The predicted molar refractivity (Wildman–Crippen MR) is 81.2 cm³/mol. The number of anilines is 1. The van der Waals surface area contributed by atoms with Crippen LogP contribution in [-0.2, 0) is 4.74 Å². The van der Waals surface area contributed by atoms with E-state index in [2.05, 4.69) is 9.88 Å². The van der Waals surface area contributed by atoms with E-state index in [0.717, 1.165) is 17.6 Å². The zero-order chi connectivity index (χ0) is 15.0. The minimum atomic E-state index is -0.493. The van der Waals surface area contributed by atoms with Gasteiger partial charge in [-0.3, -0.25) is 4.79 Å². The molecule has 1 aromatic heterocycles. The molecule has 0 aliphatic heterocycles. The fraction of sp³-hybridized carbons (Fsp3) is 0.667. The third-order valence-corrected chi connectivity index (χ3v) is 4.98. The first kappa shape index (κ1) is 14.5. The van der Waals surface area contributed by atoms with Gasteiger partial charge in [-0.25, -0.2) is 9.78 Å². The Hall–Kier alpha value is -1.43. The summed E-state index contributed by atoms with van der Waals surface area (Å²) in [7, 11) is 0. The van der Waals surface area contributed by atoms with Crippen molar-refractivity contribution in [2.24, 2.45) is 5.92 Å². The molecule has 2 saturated carbocycles. The molecule has 2 fully saturated rings. The van der Waals surface area contributed by atoms with Crippen molar-refractivity contribution in [1.82, 2.24) is 4.98 Å². The maximum atomic E-state index is 12.0. The normalized spacial score (nSPS) is 17.6. The van der Waals surface area contributed by atoms with Gasteiger partial charge < -0.3 is 9.64 Å². The molecular weight excluding hydrogens is 288 g/mol. The van der Waals surface area contributed by atoms with Crippen molar-refractivity contribution in [3.8, 4) is 0 Å². The van der Waals surface area contributed by atoms with E-state index in [-0.39, 0.29) is 18.1 Å². The Morgan fingerprint density at radius 1 is 1.33 bits per heavy atom. The van der Waals surface area contributed by atoms with Crippen LogP contribution >= 0.6 is 11.3 Å². The van der Waals surface area contributed by atoms with E-state index in [1.54, 1.807) is 6.92 Å². The molecular formula is C15H20N2O3S. The lowest BCUT2D eigenvalue weighted by Gasteiger charge is -2.20. The van der Waals surface area contributed by atoms with E-state index in [9.17, 15) is 9.59 Å². The molecule has 0 N–H and O–H groups in total. The molecule has 6 heteroatoms. The number of Topliss-reactive ketones (excluding diaryl/α,β-unsaturated/α-hetero) is 1. The van der Waals surface area contributed by atoms with Crippen molar-refractivity contribution in [2.45, 2.75) is 45.6 Å². The molecule has 21 heavy (non-hydrogen) atoms. The van der Waals surface area contributed by atoms with Gasteiger partial charge in [0.25, 0.3) is 0 Å². The number of thiazole rings is 1. The van der Waals surface area contributed by atoms with Gasteiger partial charge in [0.05, 0.1) is 6.61 Å². The highest BCUT2D eigenvalue weighted by atomic mass is 32.1. The Bertz CT molecular complexity index is 561. The number of carbonyl (C=O) groups excluding carboxylic acids is 2. The van der Waals surface area contributed by atoms with Crippen molar-refractivity contribution in [2.75, 3.05) is 18.1 Å². The van der Waals surface area contributed by atoms with E-state index >= 15 is 0 Å². The number of nitrogens with zero attached hydrogens (tertiary/aromatic N) is 2. The molecule has 0 aromatic carbocycles. The zero-order valence-corrected chi connectivity index (χ0v) is 13.2. The summed E-state index contributed by atoms with van der Waals surface area (Å²) in [6.07, 6.45) is 4.91. The SMILES string of the molecule is CCOC(=O)c1nc(N(CC2CC2)C2CC2)sc1C(C)=O. The van der Waals surface area contributed by atoms with E-state index in [4.69, 9.17) is 4.74 Å². The molecule has 0 amide bonds. The summed E-state index contributed by atoms with van der Waals surface area (Å²) in [6.45, 7) is 4.51. The third kappa shape index (κ3) is 3.26. The minimum Gasteiger partial charge on any atom is -0.461 e. The third-order valence-electron chi connectivity index (χ3n) is 3.79. The number of rotatable bonds is 7. The average Bonchev–Trinajstić information content (AvgIpc) is 3.34. The van der Waals surface area contributed by atoms with Crippen LogP contribution in [0.25, 0.3) is 0 Å². The first-order valence-electron chi connectivity index (χ1n) is 7.55. The van der Waals surface area contributed by atoms with Gasteiger partial charge in [-0.2, -0.15) is 0 Å². The van der Waals surface area contributed by atoms with Crippen molar-refractivity contribution in [3.05, 3.63) is 10.6 Å². The molecule has 114 valence electrons. The number of esters is 1. The van der Waals surface area contributed by atoms with E-state index in [1.165, 1.54) is 43.9 Å². The first-order chi connectivity index (χ1) is 10.1. The molecule has 2 aliphatic rings. The molecule has 0 unspecified atom stereocenters. The Morgan fingerprint density at radius 2 is 2.05 bits per heavy atom. The van der Waals surface area contributed by atoms with Crippen LogP contribution in [-0.4, -0.2) is 35.9 Å². The number of hydrogen-bond acceptors (Lipinski definition) is 6. The summed E-state index contributed by atoms with van der Waals surface area (Å²) in [6, 6.07) is 0.534. The van der Waals surface area contributed by atoms with Gasteiger partial charge in [-0.1, -0.05) is 11.3 Å². The Morgan fingerprint density at radius 3 is 2.57 bits per heavy atom. The number of ether oxygens (including phenoxy) is 1. The maximum absolute atomic E-state index is 12.0. The summed E-state index contributed by atoms with van der Waals surface area (Å²) >= 11 is 1.33. The van der Waals surface area contributed by atoms with Crippen LogP contribution in [0, 0.1) is 5.92 Å². The summed E-state index contributed by atoms with van der Waals surface area (Å²) in [5.74, 6) is 0.137. The van der Waals surface area contributed by atoms with Crippen molar-refractivity contribution in [3.63, 3.8) is 0 Å². The first-order valence-corrected chi connectivity index (χ1v) is 8.37. The number of carbonyl (C=O) groups is 2. The fourth-order valence-corrected chi connectivity index (χ4v) is 3.39. The number of ketones is 1. The highest BCUT2D eigenvalue weighted by molar-refractivity contribution is 7.17. The van der Waals surface area contributed by atoms with Crippen LogP contribution in [0.3, 0.4) is 0 Å². The van der Waals surface area contributed by atoms with E-state index in [1.807, 2.05) is 0 Å². The Labute approximate surface area is 128 Å². The molecule has 1 heterocycles. The largest absolute Gasteiger partial charge is 0.461 e. The second-order valence-electron chi connectivity index (χ2n) is 5.78. The lowest BCUT2D eigenvalue weighted by molar-refractivity contribution is 0.0517. The monoisotopic (exact) mass is 308 g/mol. The van der Waals surface area contributed by atoms with Gasteiger partial charge in [-0.15, -0.1) is 0 Å². The maximum Gasteiger partial charge on any atom is 0.358 e. The van der Waals surface area contributed by atoms with Crippen LogP contribution in [0.2, 0.25) is 0 Å². The molecule has 1 aromatic rings. The van der Waals surface area contributed by atoms with Gasteiger partial charge in [0.2, 0.25) is 0 Å². The zero-order valence-electron chi connectivity index (χ0n) is 12.4. The van der Waals surface area contributed by atoms with Crippen LogP contribution < -0.4 is 4.90 Å². The minimum absolute atomic E-state index is 0.121. The van der Waals surface area contributed by atoms with Crippen LogP contribution in [0.4, 0.5) is 5.13 Å². The number of hydrogen-bond donors (Lipinski definition) is 0. The Balaban J connectivity index is 1.88. The van der Waals surface area contributed by atoms with Gasteiger partial charge in [0, 0.05) is 19.5 Å². The van der Waals surface area contributed by atoms with E-state index < -0.39 is 5.97 Å². The van der Waals surface area contributed by atoms with Gasteiger partial charge >= 0.3 is 5.97 Å². The molecule has 0 saturated heterocycles. The van der Waals surface area contributed by atoms with Crippen LogP contribution in [0.15, 0.2) is 0 Å². The highest BCUT2D eigenvalue weighted by Crippen LogP contribution is 2.40. The van der Waals surface area contributed by atoms with Crippen molar-refractivity contribution >= 4 is 28.2 Å². The van der Waals surface area contributed by atoms with E-state index in [0.29, 0.717) is 10.9 Å². The molecule has 0 radical (unpaired) electrons. The second-order valence-corrected chi connectivity index (χ2v) is 6.76. The number of aromatic nitrogens is 1. The van der Waals surface area contributed by atoms with Gasteiger partial charge in [-0.05, 0) is 38.5 Å².